The number of carbonyl (C=O) groups is 2. The lowest BCUT2D eigenvalue weighted by atomic mass is 10.0. The number of rotatable bonds is 7. The molecule has 3 N–H and O–H groups in total. The number of aromatic amines is 1. The smallest absolute Gasteiger partial charge is 0.269 e. The van der Waals surface area contributed by atoms with E-state index in [1.165, 1.54) is 17.8 Å². The molecule has 0 saturated carbocycles. The Kier molecular flexibility index (Phi) is 6.73. The van der Waals surface area contributed by atoms with Crippen LogP contribution in [0.1, 0.15) is 41.4 Å². The fraction of sp³-hybridized carbons (Fsp3) is 0.148. The fourth-order valence-electron chi connectivity index (χ4n) is 3.48. The largest absolute Gasteiger partial charge is 0.457 e. The number of fused-ring (bicyclic) bond motifs is 1. The van der Waals surface area contributed by atoms with Crippen LogP contribution in [-0.4, -0.2) is 28.8 Å². The highest BCUT2D eigenvalue weighted by molar-refractivity contribution is 6.03. The standard InChI is InChI=1S/C27H26N4O3/c1-17(2)18-4-10-23-19(16-30-24(23)14-18)5-11-26(32)31-20-6-8-21(9-7-20)34-22-12-13-29-25(15-22)27(33)28-3/h4-17,30H,1-3H3,(H,28,33)(H,31,32)/b11-5+. The lowest BCUT2D eigenvalue weighted by Crippen LogP contribution is -2.18. The van der Waals surface area contributed by atoms with Gasteiger partial charge in [-0.3, -0.25) is 14.6 Å². The van der Waals surface area contributed by atoms with Crippen LogP contribution in [-0.2, 0) is 4.79 Å². The third-order valence-electron chi connectivity index (χ3n) is 5.37. The predicted octanol–water partition coefficient (Wildman–Crippen LogP) is 5.49. The molecule has 4 aromatic rings. The number of aromatic nitrogens is 2. The quantitative estimate of drug-likeness (QED) is 0.322. The molecule has 172 valence electrons. The van der Waals surface area contributed by atoms with Crippen molar-refractivity contribution in [3.8, 4) is 11.5 Å². The molecule has 0 bridgehead atoms. The van der Waals surface area contributed by atoms with Crippen molar-refractivity contribution in [2.45, 2.75) is 19.8 Å². The topological polar surface area (TPSA) is 96.1 Å². The van der Waals surface area contributed by atoms with Crippen molar-refractivity contribution in [1.29, 1.82) is 0 Å². The molecular formula is C27H26N4O3. The minimum atomic E-state index is -0.287. The van der Waals surface area contributed by atoms with Gasteiger partial charge in [0.15, 0.2) is 0 Å². The number of hydrogen-bond acceptors (Lipinski definition) is 4. The van der Waals surface area contributed by atoms with Gasteiger partial charge in [-0.05, 0) is 59.5 Å². The van der Waals surface area contributed by atoms with Crippen LogP contribution in [0.3, 0.4) is 0 Å². The van der Waals surface area contributed by atoms with Gasteiger partial charge in [0.05, 0.1) is 0 Å². The van der Waals surface area contributed by atoms with E-state index in [2.05, 4.69) is 52.6 Å². The van der Waals surface area contributed by atoms with Crippen LogP contribution < -0.4 is 15.4 Å². The number of anilines is 1. The monoisotopic (exact) mass is 454 g/mol. The van der Waals surface area contributed by atoms with Crippen LogP contribution in [0.15, 0.2) is 73.1 Å². The summed E-state index contributed by atoms with van der Waals surface area (Å²) in [6.07, 6.45) is 6.73. The maximum Gasteiger partial charge on any atom is 0.269 e. The summed E-state index contributed by atoms with van der Waals surface area (Å²) in [5.74, 6) is 1.00. The summed E-state index contributed by atoms with van der Waals surface area (Å²) in [5.41, 5.74) is 4.19. The second-order valence-electron chi connectivity index (χ2n) is 8.11. The Morgan fingerprint density at radius 2 is 1.82 bits per heavy atom. The van der Waals surface area contributed by atoms with Crippen molar-refractivity contribution >= 4 is 34.5 Å². The van der Waals surface area contributed by atoms with Gasteiger partial charge in [0.25, 0.3) is 5.91 Å². The average molecular weight is 455 g/mol. The molecule has 0 unspecified atom stereocenters. The minimum Gasteiger partial charge on any atom is -0.457 e. The van der Waals surface area contributed by atoms with E-state index in [1.807, 2.05) is 6.20 Å². The Balaban J connectivity index is 1.38. The summed E-state index contributed by atoms with van der Waals surface area (Å²) in [4.78, 5) is 31.4. The summed E-state index contributed by atoms with van der Waals surface area (Å²) >= 11 is 0. The maximum atomic E-state index is 12.4. The Morgan fingerprint density at radius 3 is 2.56 bits per heavy atom. The summed E-state index contributed by atoms with van der Waals surface area (Å²) in [6, 6.07) is 16.6. The zero-order valence-corrected chi connectivity index (χ0v) is 19.3. The van der Waals surface area contributed by atoms with Crippen molar-refractivity contribution in [3.63, 3.8) is 0 Å². The van der Waals surface area contributed by atoms with E-state index in [9.17, 15) is 9.59 Å². The van der Waals surface area contributed by atoms with Gasteiger partial charge in [-0.2, -0.15) is 0 Å². The van der Waals surface area contributed by atoms with Crippen LogP contribution in [0.4, 0.5) is 5.69 Å². The first-order valence-electron chi connectivity index (χ1n) is 11.0. The highest BCUT2D eigenvalue weighted by atomic mass is 16.5. The van der Waals surface area contributed by atoms with E-state index < -0.39 is 0 Å². The van der Waals surface area contributed by atoms with Gasteiger partial charge in [0.1, 0.15) is 17.2 Å². The molecule has 0 aliphatic heterocycles. The molecule has 0 radical (unpaired) electrons. The molecule has 0 aliphatic rings. The predicted molar refractivity (Wildman–Crippen MR) is 134 cm³/mol. The second kappa shape index (κ2) is 10.0. The van der Waals surface area contributed by atoms with Crippen LogP contribution in [0, 0.1) is 0 Å². The van der Waals surface area contributed by atoms with Gasteiger partial charge in [-0.15, -0.1) is 0 Å². The molecule has 2 heterocycles. The summed E-state index contributed by atoms with van der Waals surface area (Å²) < 4.78 is 5.78. The number of amides is 2. The molecule has 2 aromatic heterocycles. The second-order valence-corrected chi connectivity index (χ2v) is 8.11. The van der Waals surface area contributed by atoms with Crippen molar-refractivity contribution in [3.05, 3.63) is 89.9 Å². The minimum absolute atomic E-state index is 0.230. The van der Waals surface area contributed by atoms with E-state index in [1.54, 1.807) is 49.5 Å². The molecule has 0 aliphatic carbocycles. The van der Waals surface area contributed by atoms with E-state index in [-0.39, 0.29) is 17.5 Å². The molecule has 7 nitrogen and oxygen atoms in total. The van der Waals surface area contributed by atoms with Crippen molar-refractivity contribution < 1.29 is 14.3 Å². The third-order valence-corrected chi connectivity index (χ3v) is 5.37. The van der Waals surface area contributed by atoms with Crippen molar-refractivity contribution in [1.82, 2.24) is 15.3 Å². The zero-order chi connectivity index (χ0) is 24.1. The molecule has 4 rings (SSSR count). The molecule has 0 saturated heterocycles. The van der Waals surface area contributed by atoms with E-state index in [0.717, 1.165) is 16.5 Å². The molecule has 0 atom stereocenters. The number of ether oxygens (including phenoxy) is 1. The summed E-state index contributed by atoms with van der Waals surface area (Å²) in [6.45, 7) is 4.33. The number of carbonyl (C=O) groups excluding carboxylic acids is 2. The first-order valence-corrected chi connectivity index (χ1v) is 11.0. The van der Waals surface area contributed by atoms with Gasteiger partial charge < -0.3 is 20.4 Å². The lowest BCUT2D eigenvalue weighted by molar-refractivity contribution is -0.111. The highest BCUT2D eigenvalue weighted by Crippen LogP contribution is 2.25. The Morgan fingerprint density at radius 1 is 1.03 bits per heavy atom. The molecular weight excluding hydrogens is 428 g/mol. The maximum absolute atomic E-state index is 12.4. The fourth-order valence-corrected chi connectivity index (χ4v) is 3.48. The van der Waals surface area contributed by atoms with Gasteiger partial charge in [-0.1, -0.05) is 26.0 Å². The van der Waals surface area contributed by atoms with Crippen molar-refractivity contribution in [2.24, 2.45) is 0 Å². The lowest BCUT2D eigenvalue weighted by Gasteiger charge is -2.08. The Hall–Kier alpha value is -4.39. The third kappa shape index (κ3) is 5.32. The van der Waals surface area contributed by atoms with Crippen LogP contribution >= 0.6 is 0 Å². The molecule has 7 heteroatoms. The number of H-pyrrole nitrogens is 1. The number of nitrogens with one attached hydrogen (secondary N) is 3. The first kappa shape index (κ1) is 22.8. The Bertz CT molecular complexity index is 1350. The molecule has 34 heavy (non-hydrogen) atoms. The SMILES string of the molecule is CNC(=O)c1cc(Oc2ccc(NC(=O)/C=C/c3c[nH]c4cc(C(C)C)ccc34)cc2)ccn1. The molecule has 0 fully saturated rings. The van der Waals surface area contributed by atoms with Crippen molar-refractivity contribution in [2.75, 3.05) is 12.4 Å². The van der Waals surface area contributed by atoms with Crippen LogP contribution in [0.2, 0.25) is 0 Å². The number of pyridine rings is 1. The van der Waals surface area contributed by atoms with E-state index in [4.69, 9.17) is 4.74 Å². The summed E-state index contributed by atoms with van der Waals surface area (Å²) in [5, 5.41) is 6.45. The molecule has 2 amide bonds. The van der Waals surface area contributed by atoms with Gasteiger partial charge >= 0.3 is 0 Å². The summed E-state index contributed by atoms with van der Waals surface area (Å²) in [7, 11) is 1.54. The molecule has 0 spiro atoms. The highest BCUT2D eigenvalue weighted by Gasteiger charge is 2.08. The zero-order valence-electron chi connectivity index (χ0n) is 19.3. The van der Waals surface area contributed by atoms with Gasteiger partial charge in [-0.25, -0.2) is 0 Å². The van der Waals surface area contributed by atoms with Crippen LogP contribution in [0.5, 0.6) is 11.5 Å². The Labute approximate surface area is 197 Å². The van der Waals surface area contributed by atoms with E-state index in [0.29, 0.717) is 23.1 Å². The number of nitrogens with zero attached hydrogens (tertiary/aromatic N) is 1. The normalized spacial score (nSPS) is 11.2. The van der Waals surface area contributed by atoms with Gasteiger partial charge in [0, 0.05) is 48.2 Å². The van der Waals surface area contributed by atoms with Crippen LogP contribution in [0.25, 0.3) is 17.0 Å². The number of benzene rings is 2. The average Bonchev–Trinajstić information content (AvgIpc) is 3.26. The first-order chi connectivity index (χ1) is 16.4. The van der Waals surface area contributed by atoms with Gasteiger partial charge in [0.2, 0.25) is 5.91 Å². The van der Waals surface area contributed by atoms with E-state index >= 15 is 0 Å². The number of hydrogen-bond donors (Lipinski definition) is 3. The molecule has 2 aromatic carbocycles.